The van der Waals surface area contributed by atoms with E-state index in [-0.39, 0.29) is 4.75 Å². The number of thiophene rings is 2. The Kier molecular flexibility index (Phi) is 3.11. The SMILES string of the molecule is c1ccc2c(c1)S[C@]1(c3cc4ccccc4s3)[C@H](c3cc4ccccc4s3)[C@H]21. The fourth-order valence-electron chi connectivity index (χ4n) is 4.98. The van der Waals surface area contributed by atoms with Crippen LogP contribution in [0.15, 0.2) is 89.8 Å². The standard InChI is InChI=1S/C25H16S3/c1-4-10-18-15(7-1)13-21(26-18)24-23-17-9-3-6-12-20(17)28-25(23,24)22-14-16-8-2-5-11-19(16)27-22/h1-14,23-24H/t23-,24+,25-/m0/s1. The second-order valence-electron chi connectivity index (χ2n) is 7.72. The van der Waals surface area contributed by atoms with Gasteiger partial charge in [0, 0.05) is 35.9 Å². The summed E-state index contributed by atoms with van der Waals surface area (Å²) in [6, 6.07) is 31.6. The lowest BCUT2D eigenvalue weighted by molar-refractivity contribution is 0.998. The van der Waals surface area contributed by atoms with Crippen molar-refractivity contribution in [1.82, 2.24) is 0 Å². The van der Waals surface area contributed by atoms with Crippen molar-refractivity contribution in [3.63, 3.8) is 0 Å². The lowest BCUT2D eigenvalue weighted by Crippen LogP contribution is -2.00. The molecule has 3 aromatic carbocycles. The van der Waals surface area contributed by atoms with Crippen LogP contribution in [0.5, 0.6) is 0 Å². The Labute approximate surface area is 175 Å². The zero-order chi connectivity index (χ0) is 18.3. The van der Waals surface area contributed by atoms with E-state index in [1.54, 1.807) is 15.3 Å². The van der Waals surface area contributed by atoms with E-state index < -0.39 is 0 Å². The smallest absolute Gasteiger partial charge is 0.0707 e. The van der Waals surface area contributed by atoms with Crippen LogP contribution in [0.25, 0.3) is 20.2 Å². The van der Waals surface area contributed by atoms with Crippen LogP contribution in [0.2, 0.25) is 0 Å². The Balaban J connectivity index is 1.44. The maximum atomic E-state index is 2.46. The quantitative estimate of drug-likeness (QED) is 0.283. The molecule has 1 fully saturated rings. The Hall–Kier alpha value is -2.07. The van der Waals surface area contributed by atoms with Crippen molar-refractivity contribution in [2.45, 2.75) is 21.5 Å². The predicted octanol–water partition coefficient (Wildman–Crippen LogP) is 8.00. The van der Waals surface area contributed by atoms with Crippen LogP contribution in [-0.4, -0.2) is 0 Å². The number of fused-ring (bicyclic) bond motifs is 5. The molecule has 134 valence electrons. The molecule has 7 rings (SSSR count). The van der Waals surface area contributed by atoms with Crippen LogP contribution in [0.1, 0.15) is 27.2 Å². The van der Waals surface area contributed by atoms with Gasteiger partial charge in [-0.3, -0.25) is 0 Å². The zero-order valence-electron chi connectivity index (χ0n) is 15.0. The van der Waals surface area contributed by atoms with E-state index in [0.717, 1.165) is 0 Å². The van der Waals surface area contributed by atoms with Crippen LogP contribution < -0.4 is 0 Å². The highest BCUT2D eigenvalue weighted by Gasteiger charge is 2.72. The fourth-order valence-corrected chi connectivity index (χ4v) is 9.50. The number of rotatable bonds is 2. The van der Waals surface area contributed by atoms with Gasteiger partial charge in [-0.05, 0) is 46.7 Å². The first kappa shape index (κ1) is 15.8. The van der Waals surface area contributed by atoms with Crippen molar-refractivity contribution in [3.05, 3.63) is 100 Å². The van der Waals surface area contributed by atoms with Crippen molar-refractivity contribution < 1.29 is 0 Å². The van der Waals surface area contributed by atoms with Crippen molar-refractivity contribution in [3.8, 4) is 0 Å². The van der Waals surface area contributed by atoms with E-state index in [2.05, 4.69) is 96.7 Å². The van der Waals surface area contributed by atoms with Crippen LogP contribution in [0, 0.1) is 0 Å². The van der Waals surface area contributed by atoms with Crippen LogP contribution in [-0.2, 0) is 4.75 Å². The molecule has 1 aliphatic heterocycles. The summed E-state index contributed by atoms with van der Waals surface area (Å²) in [7, 11) is 0. The Morgan fingerprint density at radius 1 is 0.643 bits per heavy atom. The van der Waals surface area contributed by atoms with Crippen molar-refractivity contribution >= 4 is 54.6 Å². The summed E-state index contributed by atoms with van der Waals surface area (Å²) in [5, 5.41) is 2.77. The van der Waals surface area contributed by atoms with Gasteiger partial charge in [0.15, 0.2) is 0 Å². The fraction of sp³-hybridized carbons (Fsp3) is 0.120. The Bertz CT molecular complexity index is 1310. The molecule has 0 N–H and O–H groups in total. The first-order chi connectivity index (χ1) is 13.8. The van der Waals surface area contributed by atoms with Gasteiger partial charge in [-0.1, -0.05) is 54.6 Å². The average molecular weight is 413 g/mol. The van der Waals surface area contributed by atoms with Crippen LogP contribution >= 0.6 is 34.4 Å². The zero-order valence-corrected chi connectivity index (χ0v) is 17.4. The van der Waals surface area contributed by atoms with Gasteiger partial charge in [0.25, 0.3) is 0 Å². The summed E-state index contributed by atoms with van der Waals surface area (Å²) in [5.41, 5.74) is 1.55. The minimum absolute atomic E-state index is 0.175. The highest BCUT2D eigenvalue weighted by atomic mass is 32.2. The first-order valence-corrected chi connectivity index (χ1v) is 12.0. The molecule has 1 aliphatic carbocycles. The molecule has 0 amide bonds. The second-order valence-corrected chi connectivity index (χ2v) is 11.2. The van der Waals surface area contributed by atoms with Crippen LogP contribution in [0.4, 0.5) is 0 Å². The van der Waals surface area contributed by atoms with E-state index >= 15 is 0 Å². The summed E-state index contributed by atoms with van der Waals surface area (Å²) >= 11 is 6.10. The third-order valence-corrected chi connectivity index (χ3v) is 10.5. The molecular weight excluding hydrogens is 396 g/mol. The molecule has 2 aromatic heterocycles. The average Bonchev–Trinajstić information content (AvgIpc) is 3.12. The lowest BCUT2D eigenvalue weighted by atomic mass is 10.1. The third kappa shape index (κ3) is 1.97. The van der Waals surface area contributed by atoms with Gasteiger partial charge < -0.3 is 0 Å². The molecule has 0 nitrogen and oxygen atoms in total. The summed E-state index contributed by atoms with van der Waals surface area (Å²) in [6.07, 6.45) is 0. The van der Waals surface area contributed by atoms with Crippen LogP contribution in [0.3, 0.4) is 0 Å². The molecule has 5 aromatic rings. The predicted molar refractivity (Wildman–Crippen MR) is 123 cm³/mol. The summed E-state index contributed by atoms with van der Waals surface area (Å²) in [4.78, 5) is 4.57. The molecule has 0 saturated heterocycles. The van der Waals surface area contributed by atoms with Gasteiger partial charge in [0.2, 0.25) is 0 Å². The van der Waals surface area contributed by atoms with Crippen molar-refractivity contribution in [2.24, 2.45) is 0 Å². The molecule has 28 heavy (non-hydrogen) atoms. The van der Waals surface area contributed by atoms with Gasteiger partial charge >= 0.3 is 0 Å². The van der Waals surface area contributed by atoms with E-state index in [1.807, 2.05) is 22.7 Å². The largest absolute Gasteiger partial charge is 0.140 e. The number of thioether (sulfide) groups is 1. The third-order valence-electron chi connectivity index (χ3n) is 6.24. The van der Waals surface area contributed by atoms with E-state index in [9.17, 15) is 0 Å². The molecule has 0 bridgehead atoms. The van der Waals surface area contributed by atoms with Gasteiger partial charge in [-0.15, -0.1) is 34.4 Å². The van der Waals surface area contributed by atoms with Gasteiger partial charge in [0.05, 0.1) is 4.75 Å². The van der Waals surface area contributed by atoms with Crippen molar-refractivity contribution in [1.29, 1.82) is 0 Å². The number of hydrogen-bond donors (Lipinski definition) is 0. The van der Waals surface area contributed by atoms with Crippen molar-refractivity contribution in [2.75, 3.05) is 0 Å². The normalized spacial score (nSPS) is 25.1. The maximum Gasteiger partial charge on any atom is 0.0707 e. The Morgan fingerprint density at radius 3 is 2.11 bits per heavy atom. The van der Waals surface area contributed by atoms with E-state index in [1.165, 1.54) is 25.1 Å². The summed E-state index contributed by atoms with van der Waals surface area (Å²) < 4.78 is 2.99. The van der Waals surface area contributed by atoms with E-state index in [4.69, 9.17) is 0 Å². The molecule has 0 radical (unpaired) electrons. The minimum Gasteiger partial charge on any atom is -0.140 e. The number of benzene rings is 3. The summed E-state index contributed by atoms with van der Waals surface area (Å²) in [5.74, 6) is 1.17. The molecule has 0 spiro atoms. The highest BCUT2D eigenvalue weighted by molar-refractivity contribution is 8.01. The second kappa shape index (κ2) is 5.50. The molecule has 3 heteroatoms. The molecule has 1 saturated carbocycles. The van der Waals surface area contributed by atoms with Gasteiger partial charge in [-0.2, -0.15) is 0 Å². The highest BCUT2D eigenvalue weighted by Crippen LogP contribution is 2.83. The lowest BCUT2D eigenvalue weighted by Gasteiger charge is -2.13. The topological polar surface area (TPSA) is 0 Å². The van der Waals surface area contributed by atoms with E-state index in [0.29, 0.717) is 11.8 Å². The maximum absolute atomic E-state index is 2.46. The molecular formula is C25H16S3. The number of hydrogen-bond acceptors (Lipinski definition) is 3. The molecule has 3 heterocycles. The Morgan fingerprint density at radius 2 is 1.32 bits per heavy atom. The molecule has 0 unspecified atom stereocenters. The van der Waals surface area contributed by atoms with Gasteiger partial charge in [-0.25, -0.2) is 0 Å². The minimum atomic E-state index is 0.175. The molecule has 3 atom stereocenters. The summed E-state index contributed by atoms with van der Waals surface area (Å²) in [6.45, 7) is 0. The molecule has 2 aliphatic rings. The first-order valence-electron chi connectivity index (χ1n) is 9.60. The monoisotopic (exact) mass is 412 g/mol. The van der Waals surface area contributed by atoms with Gasteiger partial charge in [0.1, 0.15) is 0 Å².